The maximum atomic E-state index is 6.26. The third-order valence-electron chi connectivity index (χ3n) is 3.58. The van der Waals surface area contributed by atoms with Crippen LogP contribution in [0.15, 0.2) is 12.1 Å². The van der Waals surface area contributed by atoms with Gasteiger partial charge in [0, 0.05) is 22.4 Å². The van der Waals surface area contributed by atoms with Crippen LogP contribution in [0.5, 0.6) is 0 Å². The van der Waals surface area contributed by atoms with Gasteiger partial charge in [-0.1, -0.05) is 6.92 Å². The molecule has 1 aliphatic carbocycles. The van der Waals surface area contributed by atoms with Crippen LogP contribution in [0, 0.1) is 5.92 Å². The summed E-state index contributed by atoms with van der Waals surface area (Å²) < 4.78 is 5.58. The molecule has 2 rings (SSSR count). The largest absolute Gasteiger partial charge is 0.378 e. The third kappa shape index (κ3) is 3.30. The smallest absolute Gasteiger partial charge is 0.0580 e. The Kier molecular flexibility index (Phi) is 4.60. The first kappa shape index (κ1) is 13.1. The van der Waals surface area contributed by atoms with Gasteiger partial charge in [-0.2, -0.15) is 0 Å². The minimum atomic E-state index is 0.230. The molecule has 2 N–H and O–H groups in total. The molecule has 3 heteroatoms. The number of hydrogen-bond donors (Lipinski definition) is 1. The minimum absolute atomic E-state index is 0.230. The van der Waals surface area contributed by atoms with E-state index >= 15 is 0 Å². The Bertz CT molecular complexity index is 344. The normalized spacial score (nSPS) is 25.6. The van der Waals surface area contributed by atoms with Crippen LogP contribution in [0.2, 0.25) is 0 Å². The zero-order valence-electron chi connectivity index (χ0n) is 10.8. The second-order valence-electron chi connectivity index (χ2n) is 4.91. The van der Waals surface area contributed by atoms with Gasteiger partial charge >= 0.3 is 0 Å². The van der Waals surface area contributed by atoms with Crippen molar-refractivity contribution in [3.05, 3.63) is 21.9 Å². The van der Waals surface area contributed by atoms with Crippen molar-refractivity contribution in [3.63, 3.8) is 0 Å². The first-order valence-corrected chi connectivity index (χ1v) is 7.50. The molecule has 1 fully saturated rings. The summed E-state index contributed by atoms with van der Waals surface area (Å²) in [6, 6.07) is 4.64. The Morgan fingerprint density at radius 3 is 2.76 bits per heavy atom. The fourth-order valence-corrected chi connectivity index (χ4v) is 3.46. The van der Waals surface area contributed by atoms with E-state index in [1.165, 1.54) is 22.6 Å². The Balaban J connectivity index is 1.76. The van der Waals surface area contributed by atoms with Crippen LogP contribution in [0.25, 0.3) is 0 Å². The highest BCUT2D eigenvalue weighted by molar-refractivity contribution is 7.12. The average Bonchev–Trinajstić information content (AvgIpc) is 2.74. The Morgan fingerprint density at radius 1 is 1.41 bits per heavy atom. The van der Waals surface area contributed by atoms with Crippen molar-refractivity contribution in [3.8, 4) is 0 Å². The molecule has 0 spiro atoms. The monoisotopic (exact) mass is 253 g/mol. The summed E-state index contributed by atoms with van der Waals surface area (Å²) in [6.07, 6.45) is 5.15. The second-order valence-corrected chi connectivity index (χ2v) is 6.11. The number of aryl methyl sites for hydroxylation is 1. The lowest BCUT2D eigenvalue weighted by molar-refractivity contribution is -0.0281. The van der Waals surface area contributed by atoms with E-state index in [4.69, 9.17) is 10.5 Å². The summed E-state index contributed by atoms with van der Waals surface area (Å²) in [4.78, 5) is 2.79. The van der Waals surface area contributed by atoms with Crippen molar-refractivity contribution in [1.29, 1.82) is 0 Å². The molecular weight excluding hydrogens is 230 g/mol. The number of rotatable bonds is 6. The molecule has 96 valence electrons. The SMILES string of the molecule is CCOC1CC(CC(N)c2ccc(CC)s2)C1. The van der Waals surface area contributed by atoms with Crippen LogP contribution < -0.4 is 5.73 Å². The fraction of sp³-hybridized carbons (Fsp3) is 0.714. The highest BCUT2D eigenvalue weighted by Gasteiger charge is 2.31. The predicted molar refractivity (Wildman–Crippen MR) is 73.4 cm³/mol. The Hall–Kier alpha value is -0.380. The first-order valence-electron chi connectivity index (χ1n) is 6.68. The Labute approximate surface area is 108 Å². The maximum Gasteiger partial charge on any atom is 0.0580 e. The Morgan fingerprint density at radius 2 is 2.18 bits per heavy atom. The molecule has 0 saturated heterocycles. The molecule has 17 heavy (non-hydrogen) atoms. The molecule has 0 amide bonds. The molecule has 1 aromatic heterocycles. The third-order valence-corrected chi connectivity index (χ3v) is 4.94. The van der Waals surface area contributed by atoms with Gasteiger partial charge in [-0.25, -0.2) is 0 Å². The number of ether oxygens (including phenoxy) is 1. The average molecular weight is 253 g/mol. The van der Waals surface area contributed by atoms with Crippen molar-refractivity contribution in [2.24, 2.45) is 11.7 Å². The first-order chi connectivity index (χ1) is 8.22. The van der Waals surface area contributed by atoms with Crippen molar-refractivity contribution in [2.45, 2.75) is 51.7 Å². The fourth-order valence-electron chi connectivity index (χ4n) is 2.50. The molecule has 1 aromatic rings. The van der Waals surface area contributed by atoms with Crippen LogP contribution in [-0.4, -0.2) is 12.7 Å². The zero-order valence-corrected chi connectivity index (χ0v) is 11.6. The van der Waals surface area contributed by atoms with Crippen LogP contribution in [0.1, 0.15) is 48.9 Å². The number of thiophene rings is 1. The number of nitrogens with two attached hydrogens (primary N) is 1. The molecule has 1 atom stereocenters. The van der Waals surface area contributed by atoms with Gasteiger partial charge in [0.2, 0.25) is 0 Å². The van der Waals surface area contributed by atoms with Gasteiger partial charge in [0.1, 0.15) is 0 Å². The van der Waals surface area contributed by atoms with Gasteiger partial charge in [0.15, 0.2) is 0 Å². The highest BCUT2D eigenvalue weighted by Crippen LogP contribution is 2.37. The lowest BCUT2D eigenvalue weighted by Crippen LogP contribution is -2.33. The quantitative estimate of drug-likeness (QED) is 0.842. The molecule has 2 nitrogen and oxygen atoms in total. The highest BCUT2D eigenvalue weighted by atomic mass is 32.1. The minimum Gasteiger partial charge on any atom is -0.378 e. The van der Waals surface area contributed by atoms with Gasteiger partial charge in [-0.05, 0) is 50.7 Å². The molecule has 1 aliphatic rings. The van der Waals surface area contributed by atoms with E-state index < -0.39 is 0 Å². The van der Waals surface area contributed by atoms with Crippen molar-refractivity contribution < 1.29 is 4.74 Å². The van der Waals surface area contributed by atoms with Gasteiger partial charge in [-0.3, -0.25) is 0 Å². The molecule has 1 unspecified atom stereocenters. The summed E-state index contributed by atoms with van der Waals surface area (Å²) in [6.45, 7) is 5.10. The summed E-state index contributed by atoms with van der Waals surface area (Å²) in [5.41, 5.74) is 6.26. The zero-order chi connectivity index (χ0) is 12.3. The molecule has 0 bridgehead atoms. The summed E-state index contributed by atoms with van der Waals surface area (Å²) in [7, 11) is 0. The van der Waals surface area contributed by atoms with Gasteiger partial charge < -0.3 is 10.5 Å². The summed E-state index contributed by atoms with van der Waals surface area (Å²) >= 11 is 1.87. The van der Waals surface area contributed by atoms with Gasteiger partial charge in [0.25, 0.3) is 0 Å². The lowest BCUT2D eigenvalue weighted by atomic mass is 9.78. The van der Waals surface area contributed by atoms with Gasteiger partial charge in [-0.15, -0.1) is 11.3 Å². The van der Waals surface area contributed by atoms with E-state index in [0.717, 1.165) is 25.4 Å². The molecule has 1 saturated carbocycles. The van der Waals surface area contributed by atoms with E-state index in [-0.39, 0.29) is 6.04 Å². The molecular formula is C14H23NOS. The van der Waals surface area contributed by atoms with Crippen molar-refractivity contribution >= 4 is 11.3 Å². The van der Waals surface area contributed by atoms with E-state index in [1.54, 1.807) is 0 Å². The van der Waals surface area contributed by atoms with E-state index in [2.05, 4.69) is 26.0 Å². The van der Waals surface area contributed by atoms with Crippen LogP contribution in [0.4, 0.5) is 0 Å². The van der Waals surface area contributed by atoms with E-state index in [1.807, 2.05) is 11.3 Å². The second kappa shape index (κ2) is 5.98. The standard InChI is InChI=1S/C14H23NOS/c1-3-12-5-6-14(17-12)13(15)9-10-7-11(8-10)16-4-2/h5-6,10-11,13H,3-4,7-9,15H2,1-2H3. The van der Waals surface area contributed by atoms with Crippen LogP contribution >= 0.6 is 11.3 Å². The van der Waals surface area contributed by atoms with Crippen LogP contribution in [0.3, 0.4) is 0 Å². The molecule has 0 radical (unpaired) electrons. The molecule has 0 aromatic carbocycles. The lowest BCUT2D eigenvalue weighted by Gasteiger charge is -2.36. The maximum absolute atomic E-state index is 6.26. The van der Waals surface area contributed by atoms with Gasteiger partial charge in [0.05, 0.1) is 6.10 Å². The summed E-state index contributed by atoms with van der Waals surface area (Å²) in [5, 5.41) is 0. The predicted octanol–water partition coefficient (Wildman–Crippen LogP) is 3.52. The molecule has 1 heterocycles. The van der Waals surface area contributed by atoms with E-state index in [9.17, 15) is 0 Å². The topological polar surface area (TPSA) is 35.2 Å². The van der Waals surface area contributed by atoms with Crippen molar-refractivity contribution in [2.75, 3.05) is 6.61 Å². The van der Waals surface area contributed by atoms with Crippen LogP contribution in [-0.2, 0) is 11.2 Å². The molecule has 0 aliphatic heterocycles. The van der Waals surface area contributed by atoms with Crippen molar-refractivity contribution in [1.82, 2.24) is 0 Å². The number of hydrogen-bond acceptors (Lipinski definition) is 3. The summed E-state index contributed by atoms with van der Waals surface area (Å²) in [5.74, 6) is 0.772. The van der Waals surface area contributed by atoms with E-state index in [0.29, 0.717) is 6.10 Å².